The summed E-state index contributed by atoms with van der Waals surface area (Å²) in [5.74, 6) is -0.431. The molecule has 3 rings (SSSR count). The Balaban J connectivity index is 2.00. The molecule has 5 heteroatoms. The third-order valence-corrected chi connectivity index (χ3v) is 6.51. The van der Waals surface area contributed by atoms with Gasteiger partial charge >= 0.3 is 0 Å². The fraction of sp³-hybridized carbons (Fsp3) is 0.368. The van der Waals surface area contributed by atoms with Crippen molar-refractivity contribution in [1.29, 1.82) is 0 Å². The number of nitrogens with zero attached hydrogens (tertiary/aromatic N) is 1. The van der Waals surface area contributed by atoms with Crippen molar-refractivity contribution in [3.8, 4) is 0 Å². The smallest absolute Gasteiger partial charge is 0.207 e. The van der Waals surface area contributed by atoms with Gasteiger partial charge in [-0.1, -0.05) is 42.7 Å². The highest BCUT2D eigenvalue weighted by atomic mass is 32.2. The molecule has 0 aromatic heterocycles. The maximum Gasteiger partial charge on any atom is 0.243 e. The lowest BCUT2D eigenvalue weighted by Crippen LogP contribution is -2.34. The highest BCUT2D eigenvalue weighted by molar-refractivity contribution is 7.89. The van der Waals surface area contributed by atoms with Crippen molar-refractivity contribution in [3.63, 3.8) is 0 Å². The van der Waals surface area contributed by atoms with E-state index < -0.39 is 15.8 Å². The maximum atomic E-state index is 13.2. The molecule has 0 bridgehead atoms. The van der Waals surface area contributed by atoms with Crippen molar-refractivity contribution in [3.05, 3.63) is 65.5 Å². The van der Waals surface area contributed by atoms with Crippen LogP contribution in [0.4, 0.5) is 4.39 Å². The molecule has 2 aromatic rings. The zero-order chi connectivity index (χ0) is 17.2. The number of benzene rings is 2. The van der Waals surface area contributed by atoms with Crippen LogP contribution in [0, 0.1) is 12.7 Å². The lowest BCUT2D eigenvalue weighted by molar-refractivity contribution is 0.329. The Bertz CT molecular complexity index is 785. The zero-order valence-corrected chi connectivity index (χ0v) is 14.6. The van der Waals surface area contributed by atoms with Gasteiger partial charge in [0.25, 0.3) is 0 Å². The number of hydrogen-bond donors (Lipinski definition) is 0. The van der Waals surface area contributed by atoms with E-state index in [9.17, 15) is 12.8 Å². The molecule has 3 nitrogen and oxygen atoms in total. The minimum atomic E-state index is -3.64. The van der Waals surface area contributed by atoms with Crippen LogP contribution in [0.25, 0.3) is 0 Å². The first-order chi connectivity index (χ1) is 11.5. The molecule has 1 saturated heterocycles. The second-order valence-corrected chi connectivity index (χ2v) is 8.24. The van der Waals surface area contributed by atoms with Gasteiger partial charge in [-0.3, -0.25) is 0 Å². The van der Waals surface area contributed by atoms with Crippen LogP contribution >= 0.6 is 0 Å². The van der Waals surface area contributed by atoms with Crippen LogP contribution in [0.5, 0.6) is 0 Å². The molecule has 128 valence electrons. The minimum Gasteiger partial charge on any atom is -0.207 e. The topological polar surface area (TPSA) is 37.4 Å². The molecule has 1 aliphatic heterocycles. The van der Waals surface area contributed by atoms with Gasteiger partial charge in [0, 0.05) is 6.54 Å². The van der Waals surface area contributed by atoms with E-state index >= 15 is 0 Å². The fourth-order valence-corrected chi connectivity index (χ4v) is 4.92. The molecule has 1 fully saturated rings. The molecule has 0 N–H and O–H groups in total. The number of rotatable bonds is 3. The zero-order valence-electron chi connectivity index (χ0n) is 13.8. The summed E-state index contributed by atoms with van der Waals surface area (Å²) in [6, 6.07) is 13.0. The van der Waals surface area contributed by atoms with E-state index in [1.165, 1.54) is 24.3 Å². The highest BCUT2D eigenvalue weighted by Gasteiger charge is 2.33. The maximum absolute atomic E-state index is 13.2. The summed E-state index contributed by atoms with van der Waals surface area (Å²) in [6.45, 7) is 2.52. The van der Waals surface area contributed by atoms with Crippen LogP contribution in [-0.4, -0.2) is 19.3 Å². The van der Waals surface area contributed by atoms with Gasteiger partial charge in [-0.25, -0.2) is 12.8 Å². The van der Waals surface area contributed by atoms with Crippen LogP contribution < -0.4 is 0 Å². The van der Waals surface area contributed by atoms with E-state index in [0.717, 1.165) is 36.8 Å². The lowest BCUT2D eigenvalue weighted by Gasteiger charge is -2.29. The molecule has 1 atom stereocenters. The van der Waals surface area contributed by atoms with Gasteiger partial charge in [-0.2, -0.15) is 4.31 Å². The molecule has 1 heterocycles. The molecule has 0 saturated carbocycles. The third kappa shape index (κ3) is 3.52. The van der Waals surface area contributed by atoms with Crippen LogP contribution in [0.15, 0.2) is 53.4 Å². The number of aryl methyl sites for hydroxylation is 1. The third-order valence-electron chi connectivity index (χ3n) is 4.59. The molecule has 0 aliphatic carbocycles. The largest absolute Gasteiger partial charge is 0.243 e. The van der Waals surface area contributed by atoms with Crippen LogP contribution in [0.2, 0.25) is 0 Å². The Kier molecular flexibility index (Phi) is 5.01. The molecule has 24 heavy (non-hydrogen) atoms. The predicted molar refractivity (Wildman–Crippen MR) is 92.7 cm³/mol. The number of sulfonamides is 1. The summed E-state index contributed by atoms with van der Waals surface area (Å²) >= 11 is 0. The molecule has 2 aromatic carbocycles. The summed E-state index contributed by atoms with van der Waals surface area (Å²) < 4.78 is 41.0. The second kappa shape index (κ2) is 7.03. The van der Waals surface area contributed by atoms with Crippen molar-refractivity contribution in [2.24, 2.45) is 0 Å². The molecule has 0 spiro atoms. The number of halogens is 1. The Hall–Kier alpha value is -1.72. The molecule has 0 unspecified atom stereocenters. The van der Waals surface area contributed by atoms with Crippen molar-refractivity contribution < 1.29 is 12.8 Å². The SMILES string of the molecule is Cc1ccc([C@H]2CCCCCN2S(=O)(=O)c2ccc(F)cc2)cc1. The minimum absolute atomic E-state index is 0.155. The summed E-state index contributed by atoms with van der Waals surface area (Å²) in [5.41, 5.74) is 2.17. The van der Waals surface area contributed by atoms with Gasteiger partial charge in [0.2, 0.25) is 10.0 Å². The quantitative estimate of drug-likeness (QED) is 0.823. The number of hydrogen-bond acceptors (Lipinski definition) is 2. The molecular weight excluding hydrogens is 325 g/mol. The van der Waals surface area contributed by atoms with E-state index in [0.29, 0.717) is 6.54 Å². The monoisotopic (exact) mass is 347 g/mol. The Morgan fingerprint density at radius 1 is 0.958 bits per heavy atom. The first-order valence-electron chi connectivity index (χ1n) is 8.32. The van der Waals surface area contributed by atoms with Crippen molar-refractivity contribution in [2.75, 3.05) is 6.54 Å². The summed E-state index contributed by atoms with van der Waals surface area (Å²) in [4.78, 5) is 0.155. The Labute approximate surface area is 143 Å². The van der Waals surface area contributed by atoms with Gasteiger partial charge in [-0.05, 0) is 49.6 Å². The van der Waals surface area contributed by atoms with E-state index in [-0.39, 0.29) is 10.9 Å². The van der Waals surface area contributed by atoms with E-state index in [4.69, 9.17) is 0 Å². The Morgan fingerprint density at radius 2 is 1.62 bits per heavy atom. The molecular formula is C19H22FNO2S. The molecule has 0 radical (unpaired) electrons. The van der Waals surface area contributed by atoms with Crippen molar-refractivity contribution >= 4 is 10.0 Å². The van der Waals surface area contributed by atoms with Crippen LogP contribution in [-0.2, 0) is 10.0 Å². The van der Waals surface area contributed by atoms with Gasteiger partial charge in [0.05, 0.1) is 10.9 Å². The highest BCUT2D eigenvalue weighted by Crippen LogP contribution is 2.34. The first kappa shape index (κ1) is 17.1. The summed E-state index contributed by atoms with van der Waals surface area (Å²) in [7, 11) is -3.64. The van der Waals surface area contributed by atoms with Crippen molar-refractivity contribution in [1.82, 2.24) is 4.31 Å². The normalized spacial score (nSPS) is 19.8. The van der Waals surface area contributed by atoms with Gasteiger partial charge in [0.1, 0.15) is 5.82 Å². The fourth-order valence-electron chi connectivity index (χ4n) is 3.23. The average Bonchev–Trinajstić information content (AvgIpc) is 2.82. The van der Waals surface area contributed by atoms with Crippen molar-refractivity contribution in [2.45, 2.75) is 43.5 Å². The average molecular weight is 347 g/mol. The van der Waals surface area contributed by atoms with Gasteiger partial charge in [-0.15, -0.1) is 0 Å². The summed E-state index contributed by atoms with van der Waals surface area (Å²) in [6.07, 6.45) is 3.69. The first-order valence-corrected chi connectivity index (χ1v) is 9.76. The van der Waals surface area contributed by atoms with E-state index in [1.807, 2.05) is 31.2 Å². The van der Waals surface area contributed by atoms with Crippen LogP contribution in [0.1, 0.15) is 42.9 Å². The lowest BCUT2D eigenvalue weighted by atomic mass is 10.0. The van der Waals surface area contributed by atoms with E-state index in [1.54, 1.807) is 4.31 Å². The predicted octanol–water partition coefficient (Wildman–Crippen LogP) is 4.44. The summed E-state index contributed by atoms with van der Waals surface area (Å²) in [5, 5.41) is 0. The molecule has 1 aliphatic rings. The van der Waals surface area contributed by atoms with E-state index in [2.05, 4.69) is 0 Å². The molecule has 0 amide bonds. The second-order valence-electron chi connectivity index (χ2n) is 6.35. The van der Waals surface area contributed by atoms with Gasteiger partial charge in [0.15, 0.2) is 0 Å². The standard InChI is InChI=1S/C19H22FNO2S/c1-15-6-8-16(9-7-15)19-5-3-2-4-14-21(19)24(22,23)18-12-10-17(20)11-13-18/h6-13,19H,2-5,14H2,1H3/t19-/m1/s1. The van der Waals surface area contributed by atoms with Crippen LogP contribution in [0.3, 0.4) is 0 Å². The Morgan fingerprint density at radius 3 is 2.29 bits per heavy atom. The van der Waals surface area contributed by atoms with Gasteiger partial charge < -0.3 is 0 Å².